The molecule has 0 radical (unpaired) electrons. The molecule has 0 fully saturated rings. The predicted molar refractivity (Wildman–Crippen MR) is 132 cm³/mol. The van der Waals surface area contributed by atoms with Crippen LogP contribution in [0.4, 0.5) is 0 Å². The minimum atomic E-state index is -0.222. The molecule has 9 heteroatoms. The Balaban J connectivity index is 2.08. The number of nitriles is 1. The average molecular weight is 595 g/mol. The Labute approximate surface area is 202 Å². The fraction of sp³-hybridized carbons (Fsp3) is 0.273. The van der Waals surface area contributed by atoms with Gasteiger partial charge < -0.3 is 9.47 Å². The van der Waals surface area contributed by atoms with Crippen LogP contribution in [0, 0.1) is 14.9 Å². The lowest BCUT2D eigenvalue weighted by molar-refractivity contribution is 0.297. The molecule has 0 saturated heterocycles. The maximum atomic E-state index is 13.1. The molecule has 160 valence electrons. The molecule has 0 aliphatic carbocycles. The molecular weight excluding hydrogens is 575 g/mol. The lowest BCUT2D eigenvalue weighted by atomic mass is 10.2. The zero-order valence-corrected chi connectivity index (χ0v) is 20.8. The minimum Gasteiger partial charge on any atom is -0.490 e. The van der Waals surface area contributed by atoms with Gasteiger partial charge in [0.2, 0.25) is 0 Å². The number of nitrogens with zero attached hydrogens (tertiary/aromatic N) is 4. The number of benzene rings is 2. The Morgan fingerprint density at radius 1 is 1.29 bits per heavy atom. The van der Waals surface area contributed by atoms with Gasteiger partial charge in [0.15, 0.2) is 18.1 Å². The molecule has 0 unspecified atom stereocenters. The van der Waals surface area contributed by atoms with Crippen LogP contribution in [0.1, 0.15) is 31.7 Å². The third kappa shape index (κ3) is 5.43. The van der Waals surface area contributed by atoms with Crippen molar-refractivity contribution in [2.24, 2.45) is 5.10 Å². The van der Waals surface area contributed by atoms with Gasteiger partial charge in [-0.25, -0.2) is 4.98 Å². The van der Waals surface area contributed by atoms with Gasteiger partial charge in [0.1, 0.15) is 11.9 Å². The smallest absolute Gasteiger partial charge is 0.282 e. The largest absolute Gasteiger partial charge is 0.490 e. The normalized spacial score (nSPS) is 11.1. The molecule has 1 heterocycles. The molecule has 7 nitrogen and oxygen atoms in total. The fourth-order valence-corrected chi connectivity index (χ4v) is 4.14. The summed E-state index contributed by atoms with van der Waals surface area (Å²) < 4.78 is 14.1. The SMILES string of the molecule is CCCc1nc2ccc(Br)cc2c(=O)n1N=Cc1cc(I)c(OCC#N)c(OCC)c1. The van der Waals surface area contributed by atoms with Crippen molar-refractivity contribution in [3.8, 4) is 17.6 Å². The van der Waals surface area contributed by atoms with Crippen molar-refractivity contribution >= 4 is 55.6 Å². The highest BCUT2D eigenvalue weighted by Crippen LogP contribution is 2.33. The molecule has 0 saturated carbocycles. The third-order valence-corrected chi connectivity index (χ3v) is 5.58. The van der Waals surface area contributed by atoms with Crippen LogP contribution in [0.25, 0.3) is 10.9 Å². The van der Waals surface area contributed by atoms with Crippen molar-refractivity contribution in [2.45, 2.75) is 26.7 Å². The van der Waals surface area contributed by atoms with E-state index in [0.29, 0.717) is 41.3 Å². The quantitative estimate of drug-likeness (QED) is 0.273. The summed E-state index contributed by atoms with van der Waals surface area (Å²) in [6.07, 6.45) is 3.06. The molecule has 0 atom stereocenters. The number of hydrogen-bond acceptors (Lipinski definition) is 6. The molecular formula is C22H20BrIN4O3. The Kier molecular flexibility index (Phi) is 8.03. The standard InChI is InChI=1S/C22H20BrIN4O3/c1-3-5-20-27-18-7-6-15(23)12-16(18)22(29)28(20)26-13-14-10-17(24)21(31-9-8-25)19(11-14)30-4-2/h6-7,10-13H,3-5,9H2,1-2H3. The highest BCUT2D eigenvalue weighted by Gasteiger charge is 2.13. The summed E-state index contributed by atoms with van der Waals surface area (Å²) in [6, 6.07) is 11.0. The summed E-state index contributed by atoms with van der Waals surface area (Å²) in [7, 11) is 0. The van der Waals surface area contributed by atoms with Crippen molar-refractivity contribution in [1.82, 2.24) is 9.66 Å². The number of rotatable bonds is 8. The first-order chi connectivity index (χ1) is 15.0. The van der Waals surface area contributed by atoms with Crippen LogP contribution < -0.4 is 15.0 Å². The molecule has 0 aliphatic rings. The van der Waals surface area contributed by atoms with Gasteiger partial charge in [0.25, 0.3) is 5.56 Å². The van der Waals surface area contributed by atoms with Gasteiger partial charge in [-0.3, -0.25) is 4.79 Å². The summed E-state index contributed by atoms with van der Waals surface area (Å²) in [6.45, 7) is 4.28. The molecule has 0 N–H and O–H groups in total. The number of fused-ring (bicyclic) bond motifs is 1. The Morgan fingerprint density at radius 2 is 2.10 bits per heavy atom. The first kappa shape index (κ1) is 23.2. The lowest BCUT2D eigenvalue weighted by Gasteiger charge is -2.13. The molecule has 0 amide bonds. The fourth-order valence-electron chi connectivity index (χ4n) is 2.99. The zero-order chi connectivity index (χ0) is 22.4. The summed E-state index contributed by atoms with van der Waals surface area (Å²) in [5, 5.41) is 13.8. The molecule has 0 aliphatic heterocycles. The summed E-state index contributed by atoms with van der Waals surface area (Å²) in [4.78, 5) is 17.8. The summed E-state index contributed by atoms with van der Waals surface area (Å²) in [5.41, 5.74) is 1.16. The van der Waals surface area contributed by atoms with Gasteiger partial charge in [-0.1, -0.05) is 22.9 Å². The number of halogens is 2. The maximum absolute atomic E-state index is 13.1. The molecule has 3 aromatic rings. The van der Waals surface area contributed by atoms with E-state index in [1.165, 1.54) is 4.68 Å². The molecule has 1 aromatic heterocycles. The highest BCUT2D eigenvalue weighted by atomic mass is 127. The van der Waals surface area contributed by atoms with Crippen LogP contribution >= 0.6 is 38.5 Å². The second-order valence-electron chi connectivity index (χ2n) is 6.51. The van der Waals surface area contributed by atoms with E-state index < -0.39 is 0 Å². The second kappa shape index (κ2) is 10.7. The van der Waals surface area contributed by atoms with E-state index in [1.54, 1.807) is 18.3 Å². The summed E-state index contributed by atoms with van der Waals surface area (Å²) >= 11 is 5.54. The molecule has 3 rings (SSSR count). The van der Waals surface area contributed by atoms with E-state index >= 15 is 0 Å². The van der Waals surface area contributed by atoms with Crippen LogP contribution in [-0.4, -0.2) is 29.1 Å². The second-order valence-corrected chi connectivity index (χ2v) is 8.59. The molecule has 0 spiro atoms. The van der Waals surface area contributed by atoms with E-state index in [0.717, 1.165) is 20.0 Å². The zero-order valence-electron chi connectivity index (χ0n) is 17.1. The molecule has 31 heavy (non-hydrogen) atoms. The maximum Gasteiger partial charge on any atom is 0.282 e. The Morgan fingerprint density at radius 3 is 2.81 bits per heavy atom. The number of ether oxygens (including phenoxy) is 2. The van der Waals surface area contributed by atoms with Gasteiger partial charge in [-0.05, 0) is 71.8 Å². The van der Waals surface area contributed by atoms with E-state index in [9.17, 15) is 4.79 Å². The number of aryl methyl sites for hydroxylation is 1. The van der Waals surface area contributed by atoms with Gasteiger partial charge in [-0.2, -0.15) is 15.0 Å². The highest BCUT2D eigenvalue weighted by molar-refractivity contribution is 14.1. The van der Waals surface area contributed by atoms with Crippen LogP contribution in [0.15, 0.2) is 44.7 Å². The average Bonchev–Trinajstić information content (AvgIpc) is 2.74. The van der Waals surface area contributed by atoms with Gasteiger partial charge in [-0.15, -0.1) is 0 Å². The number of hydrogen-bond donors (Lipinski definition) is 0. The van der Waals surface area contributed by atoms with Crippen LogP contribution in [-0.2, 0) is 6.42 Å². The third-order valence-electron chi connectivity index (χ3n) is 4.28. The van der Waals surface area contributed by atoms with Crippen molar-refractivity contribution in [3.05, 3.63) is 60.1 Å². The van der Waals surface area contributed by atoms with Crippen molar-refractivity contribution in [2.75, 3.05) is 13.2 Å². The monoisotopic (exact) mass is 594 g/mol. The van der Waals surface area contributed by atoms with Crippen molar-refractivity contribution in [3.63, 3.8) is 0 Å². The predicted octanol–water partition coefficient (Wildman–Crippen LogP) is 4.90. The first-order valence-corrected chi connectivity index (χ1v) is 11.6. The summed E-state index contributed by atoms with van der Waals surface area (Å²) in [5.74, 6) is 1.64. The Hall–Kier alpha value is -2.45. The topological polar surface area (TPSA) is 89.5 Å². The lowest BCUT2D eigenvalue weighted by Crippen LogP contribution is -2.22. The van der Waals surface area contributed by atoms with Crippen molar-refractivity contribution in [1.29, 1.82) is 5.26 Å². The van der Waals surface area contributed by atoms with Crippen LogP contribution in [0.5, 0.6) is 11.5 Å². The van der Waals surface area contributed by atoms with Gasteiger partial charge >= 0.3 is 0 Å². The van der Waals surface area contributed by atoms with Crippen LogP contribution in [0.3, 0.4) is 0 Å². The molecule has 2 aromatic carbocycles. The van der Waals surface area contributed by atoms with E-state index in [2.05, 4.69) is 48.6 Å². The van der Waals surface area contributed by atoms with Crippen molar-refractivity contribution < 1.29 is 9.47 Å². The van der Waals surface area contributed by atoms with E-state index in [-0.39, 0.29) is 12.2 Å². The molecule has 0 bridgehead atoms. The Bertz CT molecular complexity index is 1230. The van der Waals surface area contributed by atoms with E-state index in [1.807, 2.05) is 38.1 Å². The van der Waals surface area contributed by atoms with E-state index in [4.69, 9.17) is 14.7 Å². The number of aromatic nitrogens is 2. The minimum absolute atomic E-state index is 0.0718. The van der Waals surface area contributed by atoms with Crippen LogP contribution in [0.2, 0.25) is 0 Å². The van der Waals surface area contributed by atoms with Gasteiger partial charge in [0.05, 0.1) is 27.3 Å². The first-order valence-electron chi connectivity index (χ1n) is 9.70. The van der Waals surface area contributed by atoms with Gasteiger partial charge in [0, 0.05) is 10.9 Å².